The molecule has 0 atom stereocenters. The lowest BCUT2D eigenvalue weighted by Crippen LogP contribution is -2.33. The quantitative estimate of drug-likeness (QED) is 0.0590. The molecular formula is C56H81Cl3N2O6S3. The van der Waals surface area contributed by atoms with Gasteiger partial charge in [-0.2, -0.15) is 4.31 Å². The minimum atomic E-state index is -3.77. The molecule has 0 spiro atoms. The summed E-state index contributed by atoms with van der Waals surface area (Å²) >= 11 is 21.0. The Hall–Kier alpha value is -3.26. The van der Waals surface area contributed by atoms with E-state index in [0.29, 0.717) is 48.7 Å². The summed E-state index contributed by atoms with van der Waals surface area (Å²) in [7, 11) is -3.77. The van der Waals surface area contributed by atoms with Gasteiger partial charge in [0.05, 0.1) is 5.02 Å². The van der Waals surface area contributed by atoms with E-state index in [-0.39, 0.29) is 20.8 Å². The first-order valence-electron chi connectivity index (χ1n) is 24.4. The topological polar surface area (TPSA) is 113 Å². The molecule has 2 N–H and O–H groups in total. The normalized spacial score (nSPS) is 11.2. The average Bonchev–Trinajstić information content (AvgIpc) is 3.93. The Bertz CT molecular complexity index is 2320. The van der Waals surface area contributed by atoms with Gasteiger partial charge in [0.25, 0.3) is 0 Å². The number of ether oxygens (including phenoxy) is 1. The number of halogens is 3. The van der Waals surface area contributed by atoms with Crippen LogP contribution in [0.3, 0.4) is 0 Å². The van der Waals surface area contributed by atoms with Crippen molar-refractivity contribution in [1.29, 1.82) is 0 Å². The molecule has 8 nitrogen and oxygen atoms in total. The zero-order valence-corrected chi connectivity index (χ0v) is 48.5. The van der Waals surface area contributed by atoms with E-state index in [9.17, 15) is 18.0 Å². The van der Waals surface area contributed by atoms with Gasteiger partial charge < -0.3 is 15.2 Å². The largest absolute Gasteiger partial charge is 0.477 e. The standard InChI is InChI=1S/C23H23Cl2NO4S2.C21H28ClNO2S.3C4H10/c24-18-8-3-6-17(16-18)7-4-14-26(32(29,30)22-11-2-1-10-20(22)25)15-5-9-19-12-13-21(31-19)23(27)28;1-21(2,3)25-20(24)19-12-11-18(26-19)10-6-14-23-13-5-8-16-7-4-9-17(22)15-16;3*1-4(2)3/h1-3,6,8,10-13,16H,4-5,7,9,14-15H2,(H,27,28);4,7,9,11-12,15,23H,5-6,8,10,13-14H2,1-3H3;3*4H,1-3H3. The number of hydrogen-bond acceptors (Lipinski definition) is 8. The Morgan fingerprint density at radius 2 is 1.04 bits per heavy atom. The Labute approximate surface area is 445 Å². The zero-order chi connectivity index (χ0) is 52.9. The van der Waals surface area contributed by atoms with Gasteiger partial charge in [0.1, 0.15) is 20.3 Å². The van der Waals surface area contributed by atoms with Crippen molar-refractivity contribution < 1.29 is 27.9 Å². The van der Waals surface area contributed by atoms with Crippen molar-refractivity contribution in [2.75, 3.05) is 26.2 Å². The number of carboxylic acid groups (broad SMARTS) is 1. The molecule has 0 bridgehead atoms. The Balaban J connectivity index is 0.000000576. The van der Waals surface area contributed by atoms with Crippen LogP contribution in [0.2, 0.25) is 15.1 Å². The van der Waals surface area contributed by atoms with Crippen molar-refractivity contribution in [2.24, 2.45) is 17.8 Å². The number of thiophene rings is 2. The highest BCUT2D eigenvalue weighted by Crippen LogP contribution is 2.26. The predicted molar refractivity (Wildman–Crippen MR) is 302 cm³/mol. The number of nitrogens with zero attached hydrogens (tertiary/aromatic N) is 1. The molecule has 0 saturated carbocycles. The van der Waals surface area contributed by atoms with Gasteiger partial charge in [-0.3, -0.25) is 0 Å². The molecule has 0 amide bonds. The van der Waals surface area contributed by atoms with E-state index in [0.717, 1.165) is 72.0 Å². The van der Waals surface area contributed by atoms with Gasteiger partial charge >= 0.3 is 11.9 Å². The third-order valence-corrected chi connectivity index (χ3v) is 13.8. The SMILES string of the molecule is CC(C)(C)OC(=O)c1ccc(CCCNCCCc2cccc(Cl)c2)s1.CC(C)C.CC(C)C.CC(C)C.O=C(O)c1ccc(CCCN(CCCc2cccc(Cl)c2)S(=O)(=O)c2ccccc2Cl)s1. The van der Waals surface area contributed by atoms with Crippen LogP contribution in [-0.2, 0) is 40.4 Å². The predicted octanol–water partition coefficient (Wildman–Crippen LogP) is 16.5. The molecule has 5 rings (SSSR count). The van der Waals surface area contributed by atoms with Gasteiger partial charge in [0, 0.05) is 32.9 Å². The van der Waals surface area contributed by atoms with Crippen LogP contribution in [0.4, 0.5) is 0 Å². The second kappa shape index (κ2) is 35.0. The maximum absolute atomic E-state index is 13.3. The van der Waals surface area contributed by atoms with Crippen molar-refractivity contribution in [3.8, 4) is 0 Å². The lowest BCUT2D eigenvalue weighted by Gasteiger charge is -2.23. The van der Waals surface area contributed by atoms with Gasteiger partial charge in [-0.25, -0.2) is 18.0 Å². The Morgan fingerprint density at radius 3 is 1.50 bits per heavy atom. The van der Waals surface area contributed by atoms with Gasteiger partial charge in [0.15, 0.2) is 0 Å². The number of carboxylic acids is 1. The summed E-state index contributed by atoms with van der Waals surface area (Å²) in [5, 5.41) is 14.2. The zero-order valence-electron chi connectivity index (χ0n) is 43.7. The second-order valence-corrected chi connectivity index (χ2v) is 25.3. The van der Waals surface area contributed by atoms with E-state index >= 15 is 0 Å². The molecule has 2 heterocycles. The maximum atomic E-state index is 13.3. The number of carbonyl (C=O) groups excluding carboxylic acids is 1. The number of aromatic carboxylic acids is 1. The molecule has 14 heteroatoms. The number of carbonyl (C=O) groups is 2. The summed E-state index contributed by atoms with van der Waals surface area (Å²) in [6.45, 7) is 27.8. The van der Waals surface area contributed by atoms with Crippen molar-refractivity contribution in [1.82, 2.24) is 9.62 Å². The lowest BCUT2D eigenvalue weighted by atomic mass is 10.1. The van der Waals surface area contributed by atoms with Crippen molar-refractivity contribution in [3.63, 3.8) is 0 Å². The highest BCUT2D eigenvalue weighted by atomic mass is 35.5. The van der Waals surface area contributed by atoms with Gasteiger partial charge in [-0.05, 0) is 175 Å². The molecular weight excluding hydrogens is 999 g/mol. The van der Waals surface area contributed by atoms with Crippen LogP contribution in [-0.4, -0.2) is 61.5 Å². The molecule has 5 aromatic rings. The van der Waals surface area contributed by atoms with Crippen molar-refractivity contribution in [3.05, 3.63) is 143 Å². The van der Waals surface area contributed by atoms with Crippen LogP contribution < -0.4 is 5.32 Å². The molecule has 70 heavy (non-hydrogen) atoms. The van der Waals surface area contributed by atoms with Crippen molar-refractivity contribution in [2.45, 2.75) is 145 Å². The van der Waals surface area contributed by atoms with E-state index in [1.807, 2.05) is 69.3 Å². The summed E-state index contributed by atoms with van der Waals surface area (Å²) in [6.07, 6.45) is 6.68. The van der Waals surface area contributed by atoms with E-state index in [4.69, 9.17) is 44.6 Å². The summed E-state index contributed by atoms with van der Waals surface area (Å²) in [4.78, 5) is 26.3. The second-order valence-electron chi connectivity index (χ2n) is 19.8. The summed E-state index contributed by atoms with van der Waals surface area (Å²) in [5.74, 6) is 1.32. The minimum Gasteiger partial charge on any atom is -0.477 e. The number of aryl methyl sites for hydroxylation is 4. The van der Waals surface area contributed by atoms with E-state index in [2.05, 4.69) is 73.7 Å². The van der Waals surface area contributed by atoms with Crippen molar-refractivity contribution >= 4 is 79.4 Å². The third kappa shape index (κ3) is 30.6. The molecule has 3 aromatic carbocycles. The number of esters is 1. The summed E-state index contributed by atoms with van der Waals surface area (Å²) < 4.78 is 33.5. The lowest BCUT2D eigenvalue weighted by molar-refractivity contribution is 0.00748. The highest BCUT2D eigenvalue weighted by molar-refractivity contribution is 7.89. The first kappa shape index (κ1) is 64.8. The van der Waals surface area contributed by atoms with Crippen LogP contribution in [0.1, 0.15) is 149 Å². The van der Waals surface area contributed by atoms with E-state index in [1.165, 1.54) is 43.5 Å². The first-order chi connectivity index (χ1) is 32.8. The minimum absolute atomic E-state index is 0.0914. The first-order valence-corrected chi connectivity index (χ1v) is 28.6. The molecule has 0 aliphatic rings. The van der Waals surface area contributed by atoms with Crippen LogP contribution in [0.5, 0.6) is 0 Å². The van der Waals surface area contributed by atoms with E-state index < -0.39 is 21.6 Å². The van der Waals surface area contributed by atoms with Gasteiger partial charge in [-0.15, -0.1) is 22.7 Å². The Kier molecular flexibility index (Phi) is 32.4. The molecule has 0 unspecified atom stereocenters. The van der Waals surface area contributed by atoms with Gasteiger partial charge in [-0.1, -0.05) is 134 Å². The molecule has 0 aliphatic heterocycles. The monoisotopic (exact) mass is 1080 g/mol. The molecule has 2 aromatic heterocycles. The third-order valence-electron chi connectivity index (χ3n) is 8.67. The molecule has 0 aliphatic carbocycles. The van der Waals surface area contributed by atoms with Crippen LogP contribution in [0, 0.1) is 17.8 Å². The van der Waals surface area contributed by atoms with Crippen LogP contribution in [0.15, 0.2) is 102 Å². The van der Waals surface area contributed by atoms with E-state index in [1.54, 1.807) is 36.4 Å². The average molecular weight is 1080 g/mol. The molecule has 0 saturated heterocycles. The fourth-order valence-corrected chi connectivity index (χ4v) is 10.2. The molecule has 0 fully saturated rings. The number of hydrogen-bond donors (Lipinski definition) is 2. The molecule has 0 radical (unpaired) electrons. The highest BCUT2D eigenvalue weighted by Gasteiger charge is 2.26. The fraction of sp³-hybridized carbons (Fsp3) is 0.500. The number of benzene rings is 3. The summed E-state index contributed by atoms with van der Waals surface area (Å²) in [5.41, 5.74) is 1.89. The smallest absolute Gasteiger partial charge is 0.348 e. The maximum Gasteiger partial charge on any atom is 0.348 e. The number of nitrogens with one attached hydrogen (secondary N) is 1. The van der Waals surface area contributed by atoms with Crippen LogP contribution >= 0.6 is 57.5 Å². The Morgan fingerprint density at radius 1 is 0.614 bits per heavy atom. The number of rotatable bonds is 20. The van der Waals surface area contributed by atoms with Gasteiger partial charge in [0.2, 0.25) is 10.0 Å². The summed E-state index contributed by atoms with van der Waals surface area (Å²) in [6, 6.07) is 29.3. The fourth-order valence-electron chi connectivity index (χ4n) is 5.93. The number of sulfonamides is 1. The van der Waals surface area contributed by atoms with Crippen LogP contribution in [0.25, 0.3) is 0 Å². The molecule has 390 valence electrons.